The van der Waals surface area contributed by atoms with Crippen molar-refractivity contribution in [1.82, 2.24) is 14.5 Å². The lowest BCUT2D eigenvalue weighted by molar-refractivity contribution is -0.140. The summed E-state index contributed by atoms with van der Waals surface area (Å²) in [6.07, 6.45) is 0.536. The number of amides is 2. The molecule has 0 saturated carbocycles. The molecule has 0 aliphatic carbocycles. The molecule has 110 valence electrons. The number of piperidine rings is 1. The van der Waals surface area contributed by atoms with Gasteiger partial charge in [0.15, 0.2) is 0 Å². The van der Waals surface area contributed by atoms with E-state index in [9.17, 15) is 14.4 Å². The summed E-state index contributed by atoms with van der Waals surface area (Å²) in [6.45, 7) is 1.69. The Hall–Kier alpha value is -1.89. The van der Waals surface area contributed by atoms with E-state index < -0.39 is 11.4 Å². The van der Waals surface area contributed by atoms with E-state index in [-0.39, 0.29) is 18.0 Å². The Morgan fingerprint density at radius 2 is 1.95 bits per heavy atom. The van der Waals surface area contributed by atoms with E-state index in [2.05, 4.69) is 21.2 Å². The van der Waals surface area contributed by atoms with Crippen LogP contribution in [-0.4, -0.2) is 20.9 Å². The lowest BCUT2D eigenvalue weighted by atomic mass is 9.90. The third-order valence-corrected chi connectivity index (χ3v) is 4.59. The maximum absolute atomic E-state index is 12.6. The summed E-state index contributed by atoms with van der Waals surface area (Å²) >= 11 is 3.38. The van der Waals surface area contributed by atoms with Crippen molar-refractivity contribution in [2.75, 3.05) is 0 Å². The zero-order chi connectivity index (χ0) is 15.4. The van der Waals surface area contributed by atoms with E-state index in [1.54, 1.807) is 20.0 Å². The first-order valence-electron chi connectivity index (χ1n) is 6.56. The molecule has 2 aromatic rings. The van der Waals surface area contributed by atoms with E-state index in [0.717, 1.165) is 9.99 Å². The first-order chi connectivity index (χ1) is 9.84. The van der Waals surface area contributed by atoms with Crippen molar-refractivity contribution in [3.05, 3.63) is 33.2 Å². The fraction of sp³-hybridized carbons (Fsp3) is 0.357. The van der Waals surface area contributed by atoms with Crippen LogP contribution in [0.3, 0.4) is 0 Å². The molecule has 0 bridgehead atoms. The number of benzene rings is 1. The molecule has 3 rings (SSSR count). The van der Waals surface area contributed by atoms with Crippen LogP contribution in [0.5, 0.6) is 0 Å². The van der Waals surface area contributed by atoms with Gasteiger partial charge in [0.25, 0.3) is 5.91 Å². The smallest absolute Gasteiger partial charge is 0.295 e. The van der Waals surface area contributed by atoms with Crippen LogP contribution in [0.2, 0.25) is 0 Å². The van der Waals surface area contributed by atoms with Gasteiger partial charge in [0.05, 0.1) is 11.0 Å². The molecule has 1 aliphatic heterocycles. The van der Waals surface area contributed by atoms with Crippen molar-refractivity contribution in [1.29, 1.82) is 0 Å². The number of hydrogen-bond donors (Lipinski definition) is 1. The SMILES string of the molecule is Cn1c(=O)n(C2(C)CCC(=O)NC2=O)c2ccc(Br)cc21. The monoisotopic (exact) mass is 351 g/mol. The van der Waals surface area contributed by atoms with Gasteiger partial charge in [-0.05, 0) is 31.5 Å². The Kier molecular flexibility index (Phi) is 3.05. The van der Waals surface area contributed by atoms with Crippen LogP contribution in [0.4, 0.5) is 0 Å². The predicted molar refractivity (Wildman–Crippen MR) is 80.9 cm³/mol. The molecule has 1 unspecified atom stereocenters. The van der Waals surface area contributed by atoms with E-state index in [4.69, 9.17) is 0 Å². The normalized spacial score (nSPS) is 22.6. The van der Waals surface area contributed by atoms with Gasteiger partial charge >= 0.3 is 5.69 Å². The van der Waals surface area contributed by atoms with Gasteiger partial charge in [-0.3, -0.25) is 24.0 Å². The van der Waals surface area contributed by atoms with Crippen LogP contribution in [-0.2, 0) is 22.2 Å². The van der Waals surface area contributed by atoms with E-state index in [1.807, 2.05) is 12.1 Å². The highest BCUT2D eigenvalue weighted by molar-refractivity contribution is 9.10. The molecule has 21 heavy (non-hydrogen) atoms. The molecule has 1 aliphatic rings. The highest BCUT2D eigenvalue weighted by Gasteiger charge is 2.42. The summed E-state index contributed by atoms with van der Waals surface area (Å²) < 4.78 is 3.85. The Bertz CT molecular complexity index is 836. The van der Waals surface area contributed by atoms with Gasteiger partial charge in [0, 0.05) is 17.9 Å². The second-order valence-electron chi connectivity index (χ2n) is 5.46. The maximum atomic E-state index is 12.6. The zero-order valence-electron chi connectivity index (χ0n) is 11.6. The van der Waals surface area contributed by atoms with Gasteiger partial charge in [-0.25, -0.2) is 4.79 Å². The van der Waals surface area contributed by atoms with E-state index in [0.29, 0.717) is 11.9 Å². The minimum atomic E-state index is -1.06. The Morgan fingerprint density at radius 3 is 2.62 bits per heavy atom. The number of carbonyl (C=O) groups excluding carboxylic acids is 2. The fourth-order valence-electron chi connectivity index (χ4n) is 2.79. The highest BCUT2D eigenvalue weighted by Crippen LogP contribution is 2.29. The first kappa shape index (κ1) is 14.1. The topological polar surface area (TPSA) is 73.1 Å². The van der Waals surface area contributed by atoms with Gasteiger partial charge in [-0.1, -0.05) is 15.9 Å². The number of aromatic nitrogens is 2. The molecule has 2 heterocycles. The molecule has 1 aromatic heterocycles. The van der Waals surface area contributed by atoms with Gasteiger partial charge in [0.1, 0.15) is 5.54 Å². The second kappa shape index (κ2) is 4.56. The van der Waals surface area contributed by atoms with E-state index in [1.165, 1.54) is 9.13 Å². The average molecular weight is 352 g/mol. The van der Waals surface area contributed by atoms with Crippen molar-refractivity contribution < 1.29 is 9.59 Å². The van der Waals surface area contributed by atoms with E-state index >= 15 is 0 Å². The molecule has 0 radical (unpaired) electrons. The molecule has 7 heteroatoms. The Morgan fingerprint density at radius 1 is 1.24 bits per heavy atom. The number of imidazole rings is 1. The van der Waals surface area contributed by atoms with Crippen LogP contribution >= 0.6 is 15.9 Å². The van der Waals surface area contributed by atoms with Gasteiger partial charge in [0.2, 0.25) is 5.91 Å². The molecule has 0 spiro atoms. The molecular weight excluding hydrogens is 338 g/mol. The molecule has 2 amide bonds. The lowest BCUT2D eigenvalue weighted by Gasteiger charge is -2.32. The Balaban J connectivity index is 2.30. The van der Waals surface area contributed by atoms with Crippen LogP contribution in [0.25, 0.3) is 11.0 Å². The molecule has 1 fully saturated rings. The minimum absolute atomic E-state index is 0.224. The number of halogens is 1. The molecule has 1 aromatic carbocycles. The van der Waals surface area contributed by atoms with Crippen LogP contribution in [0, 0.1) is 0 Å². The minimum Gasteiger partial charge on any atom is -0.295 e. The molecule has 1 saturated heterocycles. The first-order valence-corrected chi connectivity index (χ1v) is 7.35. The number of hydrogen-bond acceptors (Lipinski definition) is 3. The molecule has 1 atom stereocenters. The molecule has 1 N–H and O–H groups in total. The van der Waals surface area contributed by atoms with Crippen molar-refractivity contribution in [2.24, 2.45) is 7.05 Å². The number of carbonyl (C=O) groups is 2. The van der Waals surface area contributed by atoms with Crippen molar-refractivity contribution >= 4 is 38.8 Å². The third-order valence-electron chi connectivity index (χ3n) is 4.09. The second-order valence-corrected chi connectivity index (χ2v) is 6.38. The standard InChI is InChI=1S/C14H14BrN3O3/c1-14(6-5-11(19)16-12(14)20)18-9-4-3-8(15)7-10(9)17(2)13(18)21/h3-4,7H,5-6H2,1-2H3,(H,16,19,20). The van der Waals surface area contributed by atoms with Crippen LogP contribution in [0.1, 0.15) is 19.8 Å². The number of imide groups is 1. The third kappa shape index (κ3) is 1.95. The summed E-state index contributed by atoms with van der Waals surface area (Å²) in [7, 11) is 1.67. The predicted octanol–water partition coefficient (Wildman–Crippen LogP) is 1.25. The molecule has 6 nitrogen and oxygen atoms in total. The Labute approximate surface area is 128 Å². The molecular formula is C14H14BrN3O3. The summed E-state index contributed by atoms with van der Waals surface area (Å²) in [6, 6.07) is 5.46. The number of nitrogens with zero attached hydrogens (tertiary/aromatic N) is 2. The van der Waals surface area contributed by atoms with Crippen molar-refractivity contribution in [3.63, 3.8) is 0 Å². The summed E-state index contributed by atoms with van der Waals surface area (Å²) in [4.78, 5) is 36.2. The summed E-state index contributed by atoms with van der Waals surface area (Å²) in [5.41, 5.74) is 0.0892. The van der Waals surface area contributed by atoms with Gasteiger partial charge < -0.3 is 0 Å². The number of fused-ring (bicyclic) bond motifs is 1. The highest BCUT2D eigenvalue weighted by atomic mass is 79.9. The van der Waals surface area contributed by atoms with Crippen LogP contribution in [0.15, 0.2) is 27.5 Å². The fourth-order valence-corrected chi connectivity index (χ4v) is 3.14. The van der Waals surface area contributed by atoms with Crippen molar-refractivity contribution in [3.8, 4) is 0 Å². The summed E-state index contributed by atoms with van der Waals surface area (Å²) in [5.74, 6) is -0.732. The zero-order valence-corrected chi connectivity index (χ0v) is 13.2. The van der Waals surface area contributed by atoms with Gasteiger partial charge in [-0.2, -0.15) is 0 Å². The maximum Gasteiger partial charge on any atom is 0.329 e. The van der Waals surface area contributed by atoms with Gasteiger partial charge in [-0.15, -0.1) is 0 Å². The largest absolute Gasteiger partial charge is 0.329 e. The van der Waals surface area contributed by atoms with Crippen LogP contribution < -0.4 is 11.0 Å². The summed E-state index contributed by atoms with van der Waals surface area (Å²) in [5, 5.41) is 2.32. The average Bonchev–Trinajstić information content (AvgIpc) is 2.68. The number of nitrogens with one attached hydrogen (secondary N) is 1. The quantitative estimate of drug-likeness (QED) is 0.786. The lowest BCUT2D eigenvalue weighted by Crippen LogP contribution is -2.55. The number of aryl methyl sites for hydroxylation is 1. The van der Waals surface area contributed by atoms with Crippen molar-refractivity contribution in [2.45, 2.75) is 25.3 Å². The number of rotatable bonds is 1.